The lowest BCUT2D eigenvalue weighted by molar-refractivity contribution is 0.0997. The van der Waals surface area contributed by atoms with E-state index in [0.717, 1.165) is 39.0 Å². The van der Waals surface area contributed by atoms with Gasteiger partial charge in [-0.05, 0) is 41.5 Å². The number of hydrogen-bond donors (Lipinski definition) is 3. The highest BCUT2D eigenvalue weighted by Gasteiger charge is 2.15. The summed E-state index contributed by atoms with van der Waals surface area (Å²) < 4.78 is 0. The highest BCUT2D eigenvalue weighted by molar-refractivity contribution is 7.15. The van der Waals surface area contributed by atoms with Gasteiger partial charge >= 0.3 is 0 Å². The van der Waals surface area contributed by atoms with E-state index in [1.165, 1.54) is 22.7 Å². The number of carbonyl (C=O) groups excluding carboxylic acids is 2. The van der Waals surface area contributed by atoms with Crippen LogP contribution in [0.15, 0.2) is 138 Å². The van der Waals surface area contributed by atoms with Crippen molar-refractivity contribution >= 4 is 55.6 Å². The molecule has 0 atom stereocenters. The third kappa shape index (κ3) is 18.8. The Morgan fingerprint density at radius 3 is 1.32 bits per heavy atom. The molecule has 59 heavy (non-hydrogen) atoms. The molecule has 0 aliphatic heterocycles. The molecule has 6 aromatic rings. The number of carbonyl (C=O) groups is 2. The number of amides is 1. The molecule has 6 rings (SSSR count). The topological polar surface area (TPSA) is 145 Å². The lowest BCUT2D eigenvalue weighted by Crippen LogP contribution is -2.12. The Hall–Kier alpha value is -6.77. The number of nitrogens with two attached hydrogens (primary N) is 3. The number of nitrogen functional groups attached to an aromatic ring is 2. The van der Waals surface area contributed by atoms with Crippen molar-refractivity contribution in [2.24, 2.45) is 5.73 Å². The summed E-state index contributed by atoms with van der Waals surface area (Å²) >= 11 is 2.75. The first-order valence-corrected chi connectivity index (χ1v) is 21.0. The molecule has 2 heterocycles. The van der Waals surface area contributed by atoms with Gasteiger partial charge in [-0.1, -0.05) is 177 Å². The van der Waals surface area contributed by atoms with Crippen LogP contribution in [0.25, 0.3) is 37.5 Å². The summed E-state index contributed by atoms with van der Waals surface area (Å²) in [4.78, 5) is 28.5. The molecule has 0 fully saturated rings. The fourth-order valence-electron chi connectivity index (χ4n) is 4.45. The van der Waals surface area contributed by atoms with Crippen LogP contribution in [0.5, 0.6) is 0 Å². The smallest absolute Gasteiger partial charge is 0.265 e. The minimum absolute atomic E-state index is 0.121. The number of nitrogens with zero attached hydrogens (tertiary/aromatic N) is 3. The molecule has 0 bridgehead atoms. The van der Waals surface area contributed by atoms with Crippen molar-refractivity contribution in [2.45, 2.75) is 69.2 Å². The monoisotopic (exact) mass is 826 g/mol. The van der Waals surface area contributed by atoms with E-state index in [9.17, 15) is 9.59 Å². The average molecular weight is 827 g/mol. The van der Waals surface area contributed by atoms with E-state index in [1.54, 1.807) is 13.8 Å². The molecule has 0 saturated carbocycles. The quantitative estimate of drug-likeness (QED) is 0.0900. The third-order valence-electron chi connectivity index (χ3n) is 7.10. The number of anilines is 2. The molecular weight excluding hydrogens is 769 g/mol. The van der Waals surface area contributed by atoms with E-state index in [4.69, 9.17) is 35.6 Å². The molecule has 8 nitrogen and oxygen atoms in total. The van der Waals surface area contributed by atoms with Crippen molar-refractivity contribution < 1.29 is 9.59 Å². The Balaban J connectivity index is 0. The van der Waals surface area contributed by atoms with Crippen LogP contribution >= 0.6 is 22.7 Å². The second kappa shape index (κ2) is 33.4. The highest BCUT2D eigenvalue weighted by Crippen LogP contribution is 2.40. The standard InChI is InChI=1S/C11H10N2OS.C11H8N2S.C11H8N2.C8H8O.4C2H6/c12-10(14)9-8(6-15-11(9)13)7-4-2-1-3-5-7;1-13-10-9(7-14-11(10)12)8-5-3-2-4-6-8;1-9(11(8-12)13-2)10-6-4-3-5-7-10;1-7(9)8-5-3-2-4-6-8;4*1-2/h1-6H,13H2,(H2,12,14);2-7H,12H2;3-7H,1H3;2-6H,1H3;4*1-2H3/b;;11-9+;;;;;. The van der Waals surface area contributed by atoms with E-state index >= 15 is 0 Å². The SMILES string of the molecule is CC.CC.CC.CC.CC(=O)c1ccccc1.NC(=O)c1c(-c2ccccc2)csc1N.[C-]#[N+]/C(C#N)=C(\C)c1ccccc1.[C-]#[N+]c1c(-c2ccccc2)csc1N. The summed E-state index contributed by atoms with van der Waals surface area (Å²) in [6, 6.07) is 40.0. The van der Waals surface area contributed by atoms with E-state index in [1.807, 2.05) is 194 Å². The van der Waals surface area contributed by atoms with Crippen LogP contribution < -0.4 is 17.2 Å². The van der Waals surface area contributed by atoms with Gasteiger partial charge < -0.3 is 17.2 Å². The maximum absolute atomic E-state index is 11.2. The molecule has 1 amide bonds. The predicted molar refractivity (Wildman–Crippen MR) is 256 cm³/mol. The van der Waals surface area contributed by atoms with Gasteiger partial charge in [-0.3, -0.25) is 9.59 Å². The number of hydrogen-bond acceptors (Lipinski definition) is 7. The van der Waals surface area contributed by atoms with Crippen molar-refractivity contribution in [1.82, 2.24) is 0 Å². The molecule has 0 aliphatic carbocycles. The molecule has 308 valence electrons. The molecule has 2 aromatic heterocycles. The lowest BCUT2D eigenvalue weighted by atomic mass is 10.0. The van der Waals surface area contributed by atoms with E-state index in [0.29, 0.717) is 21.3 Å². The van der Waals surface area contributed by atoms with Crippen molar-refractivity contribution in [3.8, 4) is 28.3 Å². The van der Waals surface area contributed by atoms with Crippen LogP contribution in [-0.2, 0) is 0 Å². The summed E-state index contributed by atoms with van der Waals surface area (Å²) in [5, 5.41) is 13.5. The molecule has 0 unspecified atom stereocenters. The lowest BCUT2D eigenvalue weighted by Gasteiger charge is -2.01. The van der Waals surface area contributed by atoms with Crippen LogP contribution in [0.3, 0.4) is 0 Å². The number of allylic oxidation sites excluding steroid dienone is 2. The third-order valence-corrected chi connectivity index (χ3v) is 8.71. The van der Waals surface area contributed by atoms with Gasteiger partial charge in [0.2, 0.25) is 5.69 Å². The minimum atomic E-state index is -0.479. The van der Waals surface area contributed by atoms with E-state index in [2.05, 4.69) is 9.69 Å². The van der Waals surface area contributed by atoms with Crippen LogP contribution in [0.1, 0.15) is 95.5 Å². The number of nitriles is 1. The molecular formula is C49H58N6O2S2. The summed E-state index contributed by atoms with van der Waals surface area (Å²) in [5.74, 6) is -0.358. The second-order valence-corrected chi connectivity index (χ2v) is 12.3. The van der Waals surface area contributed by atoms with E-state index < -0.39 is 5.91 Å². The van der Waals surface area contributed by atoms with Crippen molar-refractivity contribution in [3.63, 3.8) is 0 Å². The van der Waals surface area contributed by atoms with Crippen molar-refractivity contribution in [3.05, 3.63) is 177 Å². The van der Waals surface area contributed by atoms with Crippen LogP contribution in [0.4, 0.5) is 15.7 Å². The predicted octanol–water partition coefficient (Wildman–Crippen LogP) is 14.5. The molecule has 4 aromatic carbocycles. The normalized spacial score (nSPS) is 9.07. The first-order chi connectivity index (χ1) is 28.6. The molecule has 0 spiro atoms. The molecule has 0 radical (unpaired) electrons. The molecule has 10 heteroatoms. The van der Waals surface area contributed by atoms with Crippen molar-refractivity contribution in [1.29, 1.82) is 5.26 Å². The molecule has 0 saturated heterocycles. The van der Waals surface area contributed by atoms with Gasteiger partial charge in [0.15, 0.2) is 5.78 Å². The summed E-state index contributed by atoms with van der Waals surface area (Å²) in [6.07, 6.45) is 0. The number of ketones is 1. The van der Waals surface area contributed by atoms with Crippen LogP contribution in [0, 0.1) is 24.5 Å². The Labute approximate surface area is 360 Å². The van der Waals surface area contributed by atoms with Gasteiger partial charge in [0.1, 0.15) is 0 Å². The average Bonchev–Trinajstić information content (AvgIpc) is 3.90. The van der Waals surface area contributed by atoms with E-state index in [-0.39, 0.29) is 11.5 Å². The largest absolute Gasteiger partial charge is 0.399 e. The Morgan fingerprint density at radius 2 is 0.966 bits per heavy atom. The molecule has 0 aliphatic rings. The summed E-state index contributed by atoms with van der Waals surface area (Å²) in [7, 11) is 0. The second-order valence-electron chi connectivity index (χ2n) is 10.4. The number of Topliss-reactive ketones (excluding diaryl/α,β-unsaturated/α-hetero) is 1. The zero-order valence-electron chi connectivity index (χ0n) is 35.9. The van der Waals surface area contributed by atoms with Gasteiger partial charge in [-0.2, -0.15) is 0 Å². The Morgan fingerprint density at radius 1 is 0.593 bits per heavy atom. The minimum Gasteiger partial charge on any atom is -0.399 e. The number of rotatable bonds is 5. The maximum Gasteiger partial charge on any atom is 0.265 e. The fourth-order valence-corrected chi connectivity index (χ4v) is 6.04. The van der Waals surface area contributed by atoms with Gasteiger partial charge in [0.25, 0.3) is 11.6 Å². The summed E-state index contributed by atoms with van der Waals surface area (Å²) in [5.41, 5.74) is 24.0. The van der Waals surface area contributed by atoms with Crippen molar-refractivity contribution in [2.75, 3.05) is 11.5 Å². The number of thiophene rings is 2. The number of benzene rings is 4. The molecule has 6 N–H and O–H groups in total. The van der Waals surface area contributed by atoms with Gasteiger partial charge in [-0.15, -0.1) is 22.7 Å². The zero-order valence-corrected chi connectivity index (χ0v) is 37.5. The summed E-state index contributed by atoms with van der Waals surface area (Å²) in [6.45, 7) is 33.2. The maximum atomic E-state index is 11.2. The first-order valence-electron chi connectivity index (χ1n) is 19.2. The van der Waals surface area contributed by atoms with Gasteiger partial charge in [-0.25, -0.2) is 15.0 Å². The van der Waals surface area contributed by atoms with Crippen LogP contribution in [-0.4, -0.2) is 11.7 Å². The first kappa shape index (κ1) is 54.3. The zero-order chi connectivity index (χ0) is 45.2. The fraction of sp³-hybridized carbons (Fsp3) is 0.204. The Kier molecular flexibility index (Phi) is 30.7. The Bertz CT molecular complexity index is 2190. The highest BCUT2D eigenvalue weighted by atomic mass is 32.1. The van der Waals surface area contributed by atoms with Crippen LogP contribution in [0.2, 0.25) is 0 Å². The van der Waals surface area contributed by atoms with Gasteiger partial charge in [0, 0.05) is 22.1 Å². The number of primary amides is 1. The van der Waals surface area contributed by atoms with Gasteiger partial charge in [0.05, 0.1) is 34.8 Å².